The molecule has 1 fully saturated rings. The molecule has 20 heavy (non-hydrogen) atoms. The van der Waals surface area contributed by atoms with Gasteiger partial charge in [0.2, 0.25) is 5.91 Å². The largest absolute Gasteiger partial charge is 0.341 e. The van der Waals surface area contributed by atoms with E-state index in [0.717, 1.165) is 31.5 Å². The Kier molecular flexibility index (Phi) is 4.76. The highest BCUT2D eigenvalue weighted by Crippen LogP contribution is 2.10. The Morgan fingerprint density at radius 3 is 2.65 bits per heavy atom. The zero-order valence-electron chi connectivity index (χ0n) is 12.2. The van der Waals surface area contributed by atoms with Gasteiger partial charge in [0.05, 0.1) is 0 Å². The molecule has 0 spiro atoms. The summed E-state index contributed by atoms with van der Waals surface area (Å²) in [5.74, 6) is 0.0262. The summed E-state index contributed by atoms with van der Waals surface area (Å²) in [7, 11) is 0. The molecule has 1 aromatic heterocycles. The molecule has 6 heteroatoms. The lowest BCUT2D eigenvalue weighted by molar-refractivity contribution is -0.128. The Bertz CT molecular complexity index is 483. The van der Waals surface area contributed by atoms with Crippen LogP contribution in [0.25, 0.3) is 0 Å². The number of hydrogen-bond acceptors (Lipinski definition) is 3. The number of nitrogens with zero attached hydrogens (tertiary/aromatic N) is 3. The van der Waals surface area contributed by atoms with E-state index in [1.165, 1.54) is 0 Å². The van der Waals surface area contributed by atoms with Gasteiger partial charge in [-0.15, -0.1) is 0 Å². The second kappa shape index (κ2) is 6.54. The second-order valence-corrected chi connectivity index (χ2v) is 5.18. The molecular formula is C14H22N4O2. The molecular weight excluding hydrogens is 256 g/mol. The zero-order valence-corrected chi connectivity index (χ0v) is 12.2. The minimum atomic E-state index is -0.0472. The van der Waals surface area contributed by atoms with Crippen LogP contribution in [0.4, 0.5) is 0 Å². The fourth-order valence-corrected chi connectivity index (χ4v) is 2.47. The topological polar surface area (TPSA) is 69.3 Å². The summed E-state index contributed by atoms with van der Waals surface area (Å²) in [6, 6.07) is 1.83. The molecule has 0 aromatic carbocycles. The SMILES string of the molecule is CCCc1cc(C(=O)N2CCCN(C(C)=O)CC2)n[nH]1. The van der Waals surface area contributed by atoms with Gasteiger partial charge >= 0.3 is 0 Å². The Morgan fingerprint density at radius 2 is 1.95 bits per heavy atom. The Labute approximate surface area is 119 Å². The van der Waals surface area contributed by atoms with Gasteiger partial charge < -0.3 is 9.80 Å². The monoisotopic (exact) mass is 278 g/mol. The van der Waals surface area contributed by atoms with Crippen molar-refractivity contribution in [3.63, 3.8) is 0 Å². The van der Waals surface area contributed by atoms with Crippen LogP contribution < -0.4 is 0 Å². The summed E-state index contributed by atoms with van der Waals surface area (Å²) >= 11 is 0. The minimum Gasteiger partial charge on any atom is -0.341 e. The number of nitrogens with one attached hydrogen (secondary N) is 1. The number of H-pyrrole nitrogens is 1. The van der Waals surface area contributed by atoms with Crippen LogP contribution in [0.5, 0.6) is 0 Å². The van der Waals surface area contributed by atoms with Crippen LogP contribution in [0.1, 0.15) is 42.9 Å². The van der Waals surface area contributed by atoms with Crippen LogP contribution in [0.2, 0.25) is 0 Å². The second-order valence-electron chi connectivity index (χ2n) is 5.18. The van der Waals surface area contributed by atoms with E-state index in [9.17, 15) is 9.59 Å². The molecule has 0 aliphatic carbocycles. The Morgan fingerprint density at radius 1 is 1.25 bits per heavy atom. The van der Waals surface area contributed by atoms with E-state index in [-0.39, 0.29) is 11.8 Å². The van der Waals surface area contributed by atoms with E-state index in [1.54, 1.807) is 16.7 Å². The van der Waals surface area contributed by atoms with Crippen LogP contribution in [0.3, 0.4) is 0 Å². The normalized spacial score (nSPS) is 16.1. The van der Waals surface area contributed by atoms with Gasteiger partial charge in [-0.3, -0.25) is 14.7 Å². The van der Waals surface area contributed by atoms with Crippen molar-refractivity contribution in [3.8, 4) is 0 Å². The van der Waals surface area contributed by atoms with Crippen molar-refractivity contribution in [3.05, 3.63) is 17.5 Å². The van der Waals surface area contributed by atoms with E-state index < -0.39 is 0 Å². The quantitative estimate of drug-likeness (QED) is 0.898. The third-order valence-corrected chi connectivity index (χ3v) is 3.60. The van der Waals surface area contributed by atoms with Gasteiger partial charge in [0.25, 0.3) is 5.91 Å². The number of rotatable bonds is 3. The number of aryl methyl sites for hydroxylation is 1. The molecule has 0 saturated carbocycles. The fourth-order valence-electron chi connectivity index (χ4n) is 2.47. The van der Waals surface area contributed by atoms with Crippen molar-refractivity contribution in [1.82, 2.24) is 20.0 Å². The molecule has 0 radical (unpaired) electrons. The highest BCUT2D eigenvalue weighted by molar-refractivity contribution is 5.92. The van der Waals surface area contributed by atoms with Crippen molar-refractivity contribution in [2.75, 3.05) is 26.2 Å². The van der Waals surface area contributed by atoms with E-state index in [4.69, 9.17) is 0 Å². The van der Waals surface area contributed by atoms with E-state index in [2.05, 4.69) is 17.1 Å². The van der Waals surface area contributed by atoms with Crippen molar-refractivity contribution >= 4 is 11.8 Å². The highest BCUT2D eigenvalue weighted by Gasteiger charge is 2.22. The van der Waals surface area contributed by atoms with Gasteiger partial charge in [-0.1, -0.05) is 13.3 Å². The molecule has 0 bridgehead atoms. The molecule has 1 aliphatic rings. The predicted molar refractivity (Wildman–Crippen MR) is 75.4 cm³/mol. The fraction of sp³-hybridized carbons (Fsp3) is 0.643. The average molecular weight is 278 g/mol. The lowest BCUT2D eigenvalue weighted by atomic mass is 10.2. The number of carbonyl (C=O) groups excluding carboxylic acids is 2. The first-order chi connectivity index (χ1) is 9.61. The average Bonchev–Trinajstić information content (AvgIpc) is 2.74. The maximum atomic E-state index is 12.4. The number of aromatic amines is 1. The smallest absolute Gasteiger partial charge is 0.274 e. The molecule has 2 amide bonds. The molecule has 2 heterocycles. The Balaban J connectivity index is 1.99. The van der Waals surface area contributed by atoms with E-state index >= 15 is 0 Å². The number of hydrogen-bond donors (Lipinski definition) is 1. The molecule has 2 rings (SSSR count). The van der Waals surface area contributed by atoms with Gasteiger partial charge in [0, 0.05) is 38.8 Å². The molecule has 1 aromatic rings. The number of amides is 2. The minimum absolute atomic E-state index is 0.0472. The van der Waals surface area contributed by atoms with Crippen LogP contribution >= 0.6 is 0 Å². The standard InChI is InChI=1S/C14H22N4O2/c1-3-5-12-10-13(16-15-12)14(20)18-7-4-6-17(8-9-18)11(2)19/h10H,3-9H2,1-2H3,(H,15,16). The molecule has 1 saturated heterocycles. The molecule has 6 nitrogen and oxygen atoms in total. The van der Waals surface area contributed by atoms with Crippen molar-refractivity contribution in [1.29, 1.82) is 0 Å². The molecule has 110 valence electrons. The lowest BCUT2D eigenvalue weighted by Gasteiger charge is -2.20. The van der Waals surface area contributed by atoms with Crippen molar-refractivity contribution in [2.24, 2.45) is 0 Å². The summed E-state index contributed by atoms with van der Waals surface area (Å²) < 4.78 is 0. The van der Waals surface area contributed by atoms with Gasteiger partial charge in [-0.2, -0.15) is 5.10 Å². The summed E-state index contributed by atoms with van der Waals surface area (Å²) in [4.78, 5) is 27.3. The first-order valence-corrected chi connectivity index (χ1v) is 7.21. The zero-order chi connectivity index (χ0) is 14.5. The molecule has 0 unspecified atom stereocenters. The Hall–Kier alpha value is -1.85. The van der Waals surface area contributed by atoms with Crippen LogP contribution in [0, 0.1) is 0 Å². The first-order valence-electron chi connectivity index (χ1n) is 7.21. The van der Waals surface area contributed by atoms with E-state index in [1.807, 2.05) is 6.07 Å². The van der Waals surface area contributed by atoms with Crippen LogP contribution in [0.15, 0.2) is 6.07 Å². The van der Waals surface area contributed by atoms with Crippen LogP contribution in [-0.4, -0.2) is 58.0 Å². The van der Waals surface area contributed by atoms with Gasteiger partial charge in [0.15, 0.2) is 0 Å². The van der Waals surface area contributed by atoms with Gasteiger partial charge in [0.1, 0.15) is 5.69 Å². The summed E-state index contributed by atoms with van der Waals surface area (Å²) in [6.07, 6.45) is 2.74. The summed E-state index contributed by atoms with van der Waals surface area (Å²) in [6.45, 7) is 6.25. The van der Waals surface area contributed by atoms with Crippen LogP contribution in [-0.2, 0) is 11.2 Å². The lowest BCUT2D eigenvalue weighted by Crippen LogP contribution is -2.36. The van der Waals surface area contributed by atoms with Crippen molar-refractivity contribution < 1.29 is 9.59 Å². The molecule has 0 atom stereocenters. The third kappa shape index (κ3) is 3.37. The summed E-state index contributed by atoms with van der Waals surface area (Å²) in [5.41, 5.74) is 1.47. The summed E-state index contributed by atoms with van der Waals surface area (Å²) in [5, 5.41) is 7.01. The highest BCUT2D eigenvalue weighted by atomic mass is 16.2. The van der Waals surface area contributed by atoms with Gasteiger partial charge in [-0.25, -0.2) is 0 Å². The maximum absolute atomic E-state index is 12.4. The number of carbonyl (C=O) groups is 2. The van der Waals surface area contributed by atoms with E-state index in [0.29, 0.717) is 25.3 Å². The van der Waals surface area contributed by atoms with Crippen molar-refractivity contribution in [2.45, 2.75) is 33.1 Å². The predicted octanol–water partition coefficient (Wildman–Crippen LogP) is 1.06. The first kappa shape index (κ1) is 14.6. The molecule has 1 aliphatic heterocycles. The maximum Gasteiger partial charge on any atom is 0.274 e. The molecule has 1 N–H and O–H groups in total. The van der Waals surface area contributed by atoms with Gasteiger partial charge in [-0.05, 0) is 18.9 Å². The third-order valence-electron chi connectivity index (χ3n) is 3.60. The number of aromatic nitrogens is 2.